The van der Waals surface area contributed by atoms with E-state index in [0.29, 0.717) is 12.0 Å². The molecule has 1 saturated carbocycles. The summed E-state index contributed by atoms with van der Waals surface area (Å²) in [5.41, 5.74) is 1.32. The maximum Gasteiger partial charge on any atom is 0.118 e. The first-order valence-corrected chi connectivity index (χ1v) is 8.01. The van der Waals surface area contributed by atoms with Crippen LogP contribution in [0.5, 0.6) is 0 Å². The van der Waals surface area contributed by atoms with Crippen molar-refractivity contribution in [1.82, 2.24) is 10.2 Å². The summed E-state index contributed by atoms with van der Waals surface area (Å²) in [6.07, 6.45) is 2.67. The van der Waals surface area contributed by atoms with Gasteiger partial charge in [0.25, 0.3) is 0 Å². The van der Waals surface area contributed by atoms with Crippen molar-refractivity contribution >= 4 is 0 Å². The van der Waals surface area contributed by atoms with Crippen LogP contribution in [0.15, 0.2) is 10.5 Å². The van der Waals surface area contributed by atoms with Crippen molar-refractivity contribution in [1.29, 1.82) is 0 Å². The number of hydrogen-bond acceptors (Lipinski definition) is 3. The van der Waals surface area contributed by atoms with Crippen molar-refractivity contribution in [3.63, 3.8) is 0 Å². The fourth-order valence-corrected chi connectivity index (χ4v) is 2.51. The summed E-state index contributed by atoms with van der Waals surface area (Å²) >= 11 is 0. The van der Waals surface area contributed by atoms with E-state index in [9.17, 15) is 0 Å². The van der Waals surface area contributed by atoms with Gasteiger partial charge in [-0.3, -0.25) is 4.90 Å². The van der Waals surface area contributed by atoms with Crippen LogP contribution in [0.4, 0.5) is 0 Å². The third kappa shape index (κ3) is 4.64. The first kappa shape index (κ1) is 15.6. The van der Waals surface area contributed by atoms with Crippen LogP contribution >= 0.6 is 0 Å². The van der Waals surface area contributed by atoms with Crippen LogP contribution in [0, 0.1) is 12.8 Å². The van der Waals surface area contributed by atoms with Crippen LogP contribution in [-0.4, -0.2) is 23.5 Å². The van der Waals surface area contributed by atoms with Crippen molar-refractivity contribution < 1.29 is 4.42 Å². The fourth-order valence-electron chi connectivity index (χ4n) is 2.51. The molecule has 1 aromatic rings. The maximum atomic E-state index is 5.95. The highest BCUT2D eigenvalue weighted by Crippen LogP contribution is 2.22. The minimum absolute atomic E-state index is 0.552. The van der Waals surface area contributed by atoms with E-state index in [2.05, 4.69) is 50.9 Å². The Hall–Kier alpha value is -0.800. The minimum Gasteiger partial charge on any atom is -0.465 e. The van der Waals surface area contributed by atoms with Gasteiger partial charge < -0.3 is 9.73 Å². The van der Waals surface area contributed by atoms with Gasteiger partial charge in [-0.15, -0.1) is 0 Å². The monoisotopic (exact) mass is 278 g/mol. The molecule has 0 amide bonds. The van der Waals surface area contributed by atoms with Gasteiger partial charge in [0.1, 0.15) is 11.5 Å². The molecule has 3 nitrogen and oxygen atoms in total. The molecule has 1 N–H and O–H groups in total. The molecule has 0 atom stereocenters. The SMILES string of the molecule is Cc1oc(CN(CC(C)C)C(C)C)cc1CNC1CC1. The summed E-state index contributed by atoms with van der Waals surface area (Å²) in [7, 11) is 0. The molecule has 1 aliphatic carbocycles. The van der Waals surface area contributed by atoms with Gasteiger partial charge in [0.2, 0.25) is 0 Å². The molecule has 3 heteroatoms. The molecular formula is C17H30N2O. The van der Waals surface area contributed by atoms with E-state index >= 15 is 0 Å². The number of nitrogens with one attached hydrogen (secondary N) is 1. The Morgan fingerprint density at radius 1 is 1.30 bits per heavy atom. The molecule has 0 saturated heterocycles. The summed E-state index contributed by atoms with van der Waals surface area (Å²) in [6.45, 7) is 14.1. The number of aryl methyl sites for hydroxylation is 1. The van der Waals surface area contributed by atoms with Crippen molar-refractivity contribution in [2.45, 2.75) is 72.6 Å². The van der Waals surface area contributed by atoms with Crippen molar-refractivity contribution in [2.75, 3.05) is 6.54 Å². The average molecular weight is 278 g/mol. The second kappa shape index (κ2) is 6.77. The van der Waals surface area contributed by atoms with Crippen LogP contribution in [0.1, 0.15) is 57.6 Å². The zero-order valence-electron chi connectivity index (χ0n) is 13.7. The molecule has 0 aliphatic heterocycles. The Morgan fingerprint density at radius 3 is 2.55 bits per heavy atom. The van der Waals surface area contributed by atoms with Gasteiger partial charge in [0.05, 0.1) is 6.54 Å². The Morgan fingerprint density at radius 2 is 2.00 bits per heavy atom. The number of furan rings is 1. The van der Waals surface area contributed by atoms with Gasteiger partial charge in [-0.1, -0.05) is 13.8 Å². The van der Waals surface area contributed by atoms with Gasteiger partial charge in [-0.2, -0.15) is 0 Å². The van der Waals surface area contributed by atoms with Crippen LogP contribution < -0.4 is 5.32 Å². The highest BCUT2D eigenvalue weighted by atomic mass is 16.3. The van der Waals surface area contributed by atoms with Gasteiger partial charge in [-0.25, -0.2) is 0 Å². The summed E-state index contributed by atoms with van der Waals surface area (Å²) in [5, 5.41) is 3.56. The molecule has 1 heterocycles. The molecule has 114 valence electrons. The largest absolute Gasteiger partial charge is 0.465 e. The van der Waals surface area contributed by atoms with E-state index in [1.165, 1.54) is 18.4 Å². The lowest BCUT2D eigenvalue weighted by atomic mass is 10.1. The molecule has 1 fully saturated rings. The van der Waals surface area contributed by atoms with Crippen LogP contribution in [0.2, 0.25) is 0 Å². The lowest BCUT2D eigenvalue weighted by molar-refractivity contribution is 0.174. The first-order chi connectivity index (χ1) is 9.45. The van der Waals surface area contributed by atoms with E-state index < -0.39 is 0 Å². The lowest BCUT2D eigenvalue weighted by Crippen LogP contribution is -2.33. The molecule has 0 bridgehead atoms. The van der Waals surface area contributed by atoms with Crippen LogP contribution in [0.25, 0.3) is 0 Å². The smallest absolute Gasteiger partial charge is 0.118 e. The van der Waals surface area contributed by atoms with Crippen molar-refractivity contribution in [3.05, 3.63) is 23.2 Å². The zero-order chi connectivity index (χ0) is 14.7. The predicted octanol–water partition coefficient (Wildman–Crippen LogP) is 3.71. The highest BCUT2D eigenvalue weighted by molar-refractivity contribution is 5.21. The fraction of sp³-hybridized carbons (Fsp3) is 0.765. The van der Waals surface area contributed by atoms with Gasteiger partial charge in [0, 0.05) is 30.7 Å². The lowest BCUT2D eigenvalue weighted by Gasteiger charge is -2.27. The average Bonchev–Trinajstić information content (AvgIpc) is 3.10. The Kier molecular flexibility index (Phi) is 5.28. The topological polar surface area (TPSA) is 28.4 Å². The third-order valence-corrected chi connectivity index (χ3v) is 3.92. The van der Waals surface area contributed by atoms with E-state index in [1.54, 1.807) is 0 Å². The van der Waals surface area contributed by atoms with Gasteiger partial charge in [-0.05, 0) is 45.6 Å². The third-order valence-electron chi connectivity index (χ3n) is 3.92. The van der Waals surface area contributed by atoms with Crippen LogP contribution in [0.3, 0.4) is 0 Å². The Balaban J connectivity index is 1.94. The summed E-state index contributed by atoms with van der Waals surface area (Å²) in [5.74, 6) is 2.86. The van der Waals surface area contributed by atoms with E-state index in [4.69, 9.17) is 4.42 Å². The molecule has 0 unspecified atom stereocenters. The predicted molar refractivity (Wildman–Crippen MR) is 83.7 cm³/mol. The molecular weight excluding hydrogens is 248 g/mol. The number of nitrogens with zero attached hydrogens (tertiary/aromatic N) is 1. The molecule has 0 radical (unpaired) electrons. The summed E-state index contributed by atoms with van der Waals surface area (Å²) in [4.78, 5) is 2.49. The molecule has 0 spiro atoms. The second-order valence-electron chi connectivity index (χ2n) is 6.87. The summed E-state index contributed by atoms with van der Waals surface area (Å²) in [6, 6.07) is 3.54. The summed E-state index contributed by atoms with van der Waals surface area (Å²) < 4.78 is 5.95. The van der Waals surface area contributed by atoms with Gasteiger partial charge in [0.15, 0.2) is 0 Å². The van der Waals surface area contributed by atoms with Crippen LogP contribution in [-0.2, 0) is 13.1 Å². The normalized spacial score (nSPS) is 15.8. The molecule has 1 aliphatic rings. The standard InChI is InChI=1S/C17H30N2O/c1-12(2)10-19(13(3)4)11-17-8-15(14(5)20-17)9-18-16-6-7-16/h8,12-13,16,18H,6-7,9-11H2,1-5H3. The minimum atomic E-state index is 0.552. The van der Waals surface area contributed by atoms with Gasteiger partial charge >= 0.3 is 0 Å². The number of rotatable bonds is 8. The zero-order valence-corrected chi connectivity index (χ0v) is 13.7. The Labute approximate surface area is 123 Å². The molecule has 0 aromatic carbocycles. The first-order valence-electron chi connectivity index (χ1n) is 8.01. The Bertz CT molecular complexity index is 419. The molecule has 20 heavy (non-hydrogen) atoms. The second-order valence-corrected chi connectivity index (χ2v) is 6.87. The van der Waals surface area contributed by atoms with E-state index in [-0.39, 0.29) is 0 Å². The quantitative estimate of drug-likeness (QED) is 0.786. The number of hydrogen-bond donors (Lipinski definition) is 1. The van der Waals surface area contributed by atoms with Crippen molar-refractivity contribution in [2.24, 2.45) is 5.92 Å². The van der Waals surface area contributed by atoms with E-state index in [0.717, 1.165) is 37.2 Å². The van der Waals surface area contributed by atoms with Crippen molar-refractivity contribution in [3.8, 4) is 0 Å². The maximum absolute atomic E-state index is 5.95. The molecule has 2 rings (SSSR count). The molecule has 1 aromatic heterocycles. The highest BCUT2D eigenvalue weighted by Gasteiger charge is 2.21. The van der Waals surface area contributed by atoms with E-state index in [1.807, 2.05) is 0 Å².